The zero-order valence-corrected chi connectivity index (χ0v) is 15.1. The summed E-state index contributed by atoms with van der Waals surface area (Å²) in [5, 5.41) is 5.02. The van der Waals surface area contributed by atoms with Crippen LogP contribution in [0.2, 0.25) is 0 Å². The lowest BCUT2D eigenvalue weighted by atomic mass is 10.0. The van der Waals surface area contributed by atoms with Crippen LogP contribution in [0.5, 0.6) is 0 Å². The minimum Gasteiger partial charge on any atom is -0.344 e. The van der Waals surface area contributed by atoms with Crippen LogP contribution in [0.15, 0.2) is 46.7 Å². The number of hydrogen-bond donors (Lipinski definition) is 1. The zero-order chi connectivity index (χ0) is 17.0. The first kappa shape index (κ1) is 17.7. The predicted molar refractivity (Wildman–Crippen MR) is 93.5 cm³/mol. The molecule has 1 heterocycles. The minimum absolute atomic E-state index is 0.0480. The number of thiophene rings is 1. The van der Waals surface area contributed by atoms with Gasteiger partial charge < -0.3 is 5.32 Å². The molecular formula is C17H21NO3S2. The standard InChI is InChI=1S/C17H21NO3S2/c1-4-23(20,21)14-9-7-13(8-10-14)17(19)18-16(12(2)3)15-6-5-11-22-15/h5-12,16H,4H2,1-3H3,(H,18,19). The van der Waals surface area contributed by atoms with Crippen molar-refractivity contribution in [2.75, 3.05) is 5.75 Å². The van der Waals surface area contributed by atoms with E-state index in [9.17, 15) is 13.2 Å². The normalized spacial score (nSPS) is 13.0. The van der Waals surface area contributed by atoms with Crippen LogP contribution < -0.4 is 5.32 Å². The molecule has 4 nitrogen and oxygen atoms in total. The number of carbonyl (C=O) groups excluding carboxylic acids is 1. The average molecular weight is 351 g/mol. The molecule has 2 rings (SSSR count). The van der Waals surface area contributed by atoms with Gasteiger partial charge in [-0.2, -0.15) is 0 Å². The average Bonchev–Trinajstić information content (AvgIpc) is 3.06. The van der Waals surface area contributed by atoms with Crippen molar-refractivity contribution in [3.8, 4) is 0 Å². The fraction of sp³-hybridized carbons (Fsp3) is 0.353. The monoisotopic (exact) mass is 351 g/mol. The van der Waals surface area contributed by atoms with Gasteiger partial charge in [-0.05, 0) is 41.6 Å². The van der Waals surface area contributed by atoms with Gasteiger partial charge in [-0.25, -0.2) is 8.42 Å². The maximum atomic E-state index is 12.4. The Morgan fingerprint density at radius 1 is 1.17 bits per heavy atom. The summed E-state index contributed by atoms with van der Waals surface area (Å²) in [7, 11) is -3.24. The van der Waals surface area contributed by atoms with E-state index in [2.05, 4.69) is 19.2 Å². The van der Waals surface area contributed by atoms with Gasteiger partial charge in [0.2, 0.25) is 0 Å². The molecule has 0 aliphatic rings. The molecule has 0 fully saturated rings. The van der Waals surface area contributed by atoms with Crippen molar-refractivity contribution >= 4 is 27.1 Å². The number of amides is 1. The molecule has 1 amide bonds. The van der Waals surface area contributed by atoms with Crippen LogP contribution >= 0.6 is 11.3 Å². The van der Waals surface area contributed by atoms with Crippen molar-refractivity contribution in [2.24, 2.45) is 5.92 Å². The number of carbonyl (C=O) groups is 1. The number of rotatable bonds is 6. The molecule has 0 saturated heterocycles. The molecule has 1 atom stereocenters. The van der Waals surface area contributed by atoms with Crippen molar-refractivity contribution in [1.82, 2.24) is 5.32 Å². The maximum absolute atomic E-state index is 12.4. The van der Waals surface area contributed by atoms with Gasteiger partial charge in [-0.1, -0.05) is 26.8 Å². The van der Waals surface area contributed by atoms with Crippen molar-refractivity contribution in [1.29, 1.82) is 0 Å². The lowest BCUT2D eigenvalue weighted by molar-refractivity contribution is 0.0926. The van der Waals surface area contributed by atoms with E-state index < -0.39 is 9.84 Å². The Balaban J connectivity index is 2.17. The number of nitrogens with one attached hydrogen (secondary N) is 1. The Bertz CT molecular complexity index is 748. The molecule has 0 spiro atoms. The summed E-state index contributed by atoms with van der Waals surface area (Å²) >= 11 is 1.61. The molecule has 0 bridgehead atoms. The molecule has 0 radical (unpaired) electrons. The van der Waals surface area contributed by atoms with Gasteiger partial charge in [0.25, 0.3) is 5.91 Å². The fourth-order valence-electron chi connectivity index (χ4n) is 2.24. The molecule has 0 saturated carbocycles. The highest BCUT2D eigenvalue weighted by atomic mass is 32.2. The number of sulfone groups is 1. The van der Waals surface area contributed by atoms with E-state index in [-0.39, 0.29) is 28.5 Å². The third kappa shape index (κ3) is 4.20. The van der Waals surface area contributed by atoms with Crippen LogP contribution in [0.1, 0.15) is 42.0 Å². The van der Waals surface area contributed by atoms with Crippen LogP contribution in [-0.4, -0.2) is 20.1 Å². The van der Waals surface area contributed by atoms with Crippen LogP contribution in [0.25, 0.3) is 0 Å². The SMILES string of the molecule is CCS(=O)(=O)c1ccc(C(=O)NC(c2cccs2)C(C)C)cc1. The van der Waals surface area contributed by atoms with Gasteiger partial charge in [0.1, 0.15) is 0 Å². The minimum atomic E-state index is -3.24. The maximum Gasteiger partial charge on any atom is 0.251 e. The van der Waals surface area contributed by atoms with Gasteiger partial charge in [-0.3, -0.25) is 4.79 Å². The molecule has 2 aromatic rings. The summed E-state index contributed by atoms with van der Waals surface area (Å²) in [6.45, 7) is 5.72. The summed E-state index contributed by atoms with van der Waals surface area (Å²) < 4.78 is 23.6. The van der Waals surface area contributed by atoms with Crippen LogP contribution in [-0.2, 0) is 9.84 Å². The largest absolute Gasteiger partial charge is 0.344 e. The topological polar surface area (TPSA) is 63.2 Å². The molecular weight excluding hydrogens is 330 g/mol. The second kappa shape index (κ2) is 7.27. The van der Waals surface area contributed by atoms with Crippen LogP contribution in [0, 0.1) is 5.92 Å². The van der Waals surface area contributed by atoms with Crippen molar-refractivity contribution in [3.63, 3.8) is 0 Å². The highest BCUT2D eigenvalue weighted by Crippen LogP contribution is 2.26. The summed E-state index contributed by atoms with van der Waals surface area (Å²) in [5.41, 5.74) is 0.460. The highest BCUT2D eigenvalue weighted by molar-refractivity contribution is 7.91. The zero-order valence-electron chi connectivity index (χ0n) is 13.4. The molecule has 23 heavy (non-hydrogen) atoms. The third-order valence-corrected chi connectivity index (χ3v) is 6.36. The first-order chi connectivity index (χ1) is 10.8. The Morgan fingerprint density at radius 2 is 1.83 bits per heavy atom. The number of benzene rings is 1. The van der Waals surface area contributed by atoms with Crippen molar-refractivity contribution < 1.29 is 13.2 Å². The van der Waals surface area contributed by atoms with Crippen molar-refractivity contribution in [3.05, 3.63) is 52.2 Å². The second-order valence-electron chi connectivity index (χ2n) is 5.64. The molecule has 6 heteroatoms. The summed E-state index contributed by atoms with van der Waals surface area (Å²) in [5.74, 6) is 0.113. The molecule has 1 aromatic heterocycles. The van der Waals surface area contributed by atoms with Crippen molar-refractivity contribution in [2.45, 2.75) is 31.7 Å². The van der Waals surface area contributed by atoms with Gasteiger partial charge in [0.05, 0.1) is 16.7 Å². The first-order valence-corrected chi connectivity index (χ1v) is 10.1. The molecule has 0 aliphatic heterocycles. The van der Waals surface area contributed by atoms with E-state index in [0.717, 1.165) is 4.88 Å². The molecule has 1 N–H and O–H groups in total. The highest BCUT2D eigenvalue weighted by Gasteiger charge is 2.20. The molecule has 1 aromatic carbocycles. The van der Waals surface area contributed by atoms with Crippen LogP contribution in [0.3, 0.4) is 0 Å². The second-order valence-corrected chi connectivity index (χ2v) is 8.90. The van der Waals surface area contributed by atoms with Gasteiger partial charge >= 0.3 is 0 Å². The molecule has 124 valence electrons. The van der Waals surface area contributed by atoms with Crippen LogP contribution in [0.4, 0.5) is 0 Å². The third-order valence-electron chi connectivity index (χ3n) is 3.66. The smallest absolute Gasteiger partial charge is 0.251 e. The fourth-order valence-corrected chi connectivity index (χ4v) is 4.07. The van der Waals surface area contributed by atoms with Gasteiger partial charge in [-0.15, -0.1) is 11.3 Å². The Morgan fingerprint density at radius 3 is 2.30 bits per heavy atom. The molecule has 0 aliphatic carbocycles. The van der Waals surface area contributed by atoms with E-state index in [4.69, 9.17) is 0 Å². The Hall–Kier alpha value is -1.66. The quantitative estimate of drug-likeness (QED) is 0.864. The summed E-state index contributed by atoms with van der Waals surface area (Å²) in [6, 6.07) is 10.0. The lowest BCUT2D eigenvalue weighted by Crippen LogP contribution is -2.31. The van der Waals surface area contributed by atoms with E-state index in [1.54, 1.807) is 30.4 Å². The lowest BCUT2D eigenvalue weighted by Gasteiger charge is -2.21. The summed E-state index contributed by atoms with van der Waals surface area (Å²) in [4.78, 5) is 13.8. The van der Waals surface area contributed by atoms with E-state index in [1.807, 2.05) is 17.5 Å². The number of hydrogen-bond acceptors (Lipinski definition) is 4. The molecule has 1 unspecified atom stereocenters. The Kier molecular flexibility index (Phi) is 5.59. The van der Waals surface area contributed by atoms with E-state index in [0.29, 0.717) is 5.56 Å². The van der Waals surface area contributed by atoms with E-state index in [1.165, 1.54) is 12.1 Å². The van der Waals surface area contributed by atoms with E-state index >= 15 is 0 Å². The van der Waals surface area contributed by atoms with Gasteiger partial charge in [0.15, 0.2) is 9.84 Å². The summed E-state index contributed by atoms with van der Waals surface area (Å²) in [6.07, 6.45) is 0. The predicted octanol–water partition coefficient (Wildman–Crippen LogP) is 3.67. The first-order valence-electron chi connectivity index (χ1n) is 7.52. The van der Waals surface area contributed by atoms with Gasteiger partial charge in [0, 0.05) is 10.4 Å². The Labute approximate surface area is 141 Å².